The summed E-state index contributed by atoms with van der Waals surface area (Å²) >= 11 is 1.37. The first kappa shape index (κ1) is 17.9. The molecule has 5 heteroatoms. The van der Waals surface area contributed by atoms with Crippen molar-refractivity contribution in [3.63, 3.8) is 0 Å². The molecule has 1 aromatic heterocycles. The highest BCUT2D eigenvalue weighted by Gasteiger charge is 2.20. The number of carbonyl (C=O) groups is 1. The summed E-state index contributed by atoms with van der Waals surface area (Å²) in [5.74, 6) is -0.0397. The van der Waals surface area contributed by atoms with E-state index in [1.54, 1.807) is 18.2 Å². The summed E-state index contributed by atoms with van der Waals surface area (Å²) in [4.78, 5) is 18.3. The van der Waals surface area contributed by atoms with Crippen LogP contribution in [0, 0.1) is 0 Å². The Morgan fingerprint density at radius 3 is 2.14 bits per heavy atom. The number of amides is 1. The lowest BCUT2D eigenvalue weighted by Gasteiger charge is -2.07. The van der Waals surface area contributed by atoms with Crippen LogP contribution in [0.5, 0.6) is 5.75 Å². The largest absolute Gasteiger partial charge is 0.508 e. The summed E-state index contributed by atoms with van der Waals surface area (Å²) in [7, 11) is 0. The SMILES string of the molecule is O=C(NCc1ccccc1O)c1sc(-c2ccccc2)nc1-c1ccccc1. The molecular formula is C23H18N2O2S. The number of thiazole rings is 1. The van der Waals surface area contributed by atoms with Crippen LogP contribution < -0.4 is 5.32 Å². The molecule has 4 rings (SSSR count). The average Bonchev–Trinajstić information content (AvgIpc) is 3.20. The number of carbonyl (C=O) groups excluding carboxylic acids is 1. The fraction of sp³-hybridized carbons (Fsp3) is 0.0435. The van der Waals surface area contributed by atoms with Crippen molar-refractivity contribution < 1.29 is 9.90 Å². The molecule has 0 aliphatic heterocycles. The highest BCUT2D eigenvalue weighted by Crippen LogP contribution is 2.33. The molecule has 0 unspecified atom stereocenters. The van der Waals surface area contributed by atoms with Gasteiger partial charge in [-0.3, -0.25) is 4.79 Å². The number of nitrogens with zero attached hydrogens (tertiary/aromatic N) is 1. The molecule has 0 saturated heterocycles. The number of hydrogen-bond donors (Lipinski definition) is 2. The Bertz CT molecular complexity index is 1090. The molecule has 1 amide bonds. The first-order valence-corrected chi connectivity index (χ1v) is 9.71. The Balaban J connectivity index is 1.67. The van der Waals surface area contributed by atoms with E-state index in [4.69, 9.17) is 4.98 Å². The fourth-order valence-electron chi connectivity index (χ4n) is 2.89. The first-order chi connectivity index (χ1) is 13.7. The minimum Gasteiger partial charge on any atom is -0.508 e. The third-order valence-corrected chi connectivity index (χ3v) is 5.44. The molecule has 2 N–H and O–H groups in total. The highest BCUT2D eigenvalue weighted by atomic mass is 32.1. The van der Waals surface area contributed by atoms with Crippen molar-refractivity contribution in [1.29, 1.82) is 0 Å². The summed E-state index contributed by atoms with van der Waals surface area (Å²) < 4.78 is 0. The summed E-state index contributed by atoms with van der Waals surface area (Å²) in [5.41, 5.74) is 3.21. The molecule has 0 aliphatic carbocycles. The second kappa shape index (κ2) is 8.06. The number of phenols is 1. The number of rotatable bonds is 5. The second-order valence-electron chi connectivity index (χ2n) is 6.24. The third-order valence-electron chi connectivity index (χ3n) is 4.33. The van der Waals surface area contributed by atoms with Gasteiger partial charge in [-0.2, -0.15) is 0 Å². The summed E-state index contributed by atoms with van der Waals surface area (Å²) in [6.07, 6.45) is 0. The molecule has 4 nitrogen and oxygen atoms in total. The molecule has 1 heterocycles. The molecule has 0 spiro atoms. The molecule has 0 fully saturated rings. The van der Waals surface area contributed by atoms with Crippen LogP contribution in [0.1, 0.15) is 15.2 Å². The lowest BCUT2D eigenvalue weighted by atomic mass is 10.1. The van der Waals surface area contributed by atoms with Crippen molar-refractivity contribution in [1.82, 2.24) is 10.3 Å². The minimum absolute atomic E-state index is 0.167. The molecule has 3 aromatic carbocycles. The lowest BCUT2D eigenvalue weighted by molar-refractivity contribution is 0.0955. The van der Waals surface area contributed by atoms with Gasteiger partial charge in [0.05, 0.1) is 5.69 Å². The van der Waals surface area contributed by atoms with Crippen LogP contribution in [0.4, 0.5) is 0 Å². The Kier molecular flexibility index (Phi) is 5.17. The molecular weight excluding hydrogens is 368 g/mol. The monoisotopic (exact) mass is 386 g/mol. The molecule has 0 saturated carbocycles. The lowest BCUT2D eigenvalue weighted by Crippen LogP contribution is -2.22. The smallest absolute Gasteiger partial charge is 0.263 e. The van der Waals surface area contributed by atoms with Crippen LogP contribution >= 0.6 is 11.3 Å². The molecule has 4 aromatic rings. The second-order valence-corrected chi connectivity index (χ2v) is 7.24. The van der Waals surface area contributed by atoms with Gasteiger partial charge >= 0.3 is 0 Å². The Hall–Kier alpha value is -3.44. The van der Waals surface area contributed by atoms with E-state index in [1.165, 1.54) is 11.3 Å². The van der Waals surface area contributed by atoms with Gasteiger partial charge in [-0.1, -0.05) is 78.9 Å². The van der Waals surface area contributed by atoms with E-state index in [9.17, 15) is 9.90 Å². The van der Waals surface area contributed by atoms with Crippen molar-refractivity contribution in [3.05, 3.63) is 95.4 Å². The van der Waals surface area contributed by atoms with Gasteiger partial charge in [-0.05, 0) is 6.07 Å². The van der Waals surface area contributed by atoms with Gasteiger partial charge in [0, 0.05) is 23.2 Å². The number of phenolic OH excluding ortho intramolecular Hbond substituents is 1. The minimum atomic E-state index is -0.207. The summed E-state index contributed by atoms with van der Waals surface area (Å²) in [5, 5.41) is 13.6. The van der Waals surface area contributed by atoms with E-state index in [0.717, 1.165) is 16.1 Å². The zero-order valence-electron chi connectivity index (χ0n) is 15.0. The van der Waals surface area contributed by atoms with Gasteiger partial charge in [-0.25, -0.2) is 4.98 Å². The normalized spacial score (nSPS) is 10.6. The van der Waals surface area contributed by atoms with Crippen molar-refractivity contribution in [2.24, 2.45) is 0 Å². The number of aromatic hydroxyl groups is 1. The topological polar surface area (TPSA) is 62.2 Å². The Morgan fingerprint density at radius 1 is 0.857 bits per heavy atom. The molecule has 0 bridgehead atoms. The predicted molar refractivity (Wildman–Crippen MR) is 112 cm³/mol. The zero-order valence-corrected chi connectivity index (χ0v) is 15.8. The van der Waals surface area contributed by atoms with E-state index in [0.29, 0.717) is 16.1 Å². The molecule has 0 radical (unpaired) electrons. The molecule has 28 heavy (non-hydrogen) atoms. The van der Waals surface area contributed by atoms with Gasteiger partial charge in [0.25, 0.3) is 5.91 Å². The quantitative estimate of drug-likeness (QED) is 0.501. The van der Waals surface area contributed by atoms with Crippen LogP contribution in [0.2, 0.25) is 0 Å². The van der Waals surface area contributed by atoms with E-state index in [1.807, 2.05) is 66.7 Å². The van der Waals surface area contributed by atoms with Crippen molar-refractivity contribution in [2.45, 2.75) is 6.54 Å². The summed E-state index contributed by atoms with van der Waals surface area (Å²) in [6.45, 7) is 0.248. The Morgan fingerprint density at radius 2 is 1.46 bits per heavy atom. The van der Waals surface area contributed by atoms with Crippen molar-refractivity contribution >= 4 is 17.2 Å². The van der Waals surface area contributed by atoms with Crippen LogP contribution in [-0.4, -0.2) is 16.0 Å². The van der Waals surface area contributed by atoms with Gasteiger partial charge in [0.2, 0.25) is 0 Å². The van der Waals surface area contributed by atoms with Crippen molar-refractivity contribution in [3.8, 4) is 27.6 Å². The number of benzene rings is 3. The van der Waals surface area contributed by atoms with Crippen LogP contribution in [-0.2, 0) is 6.54 Å². The standard InChI is InChI=1S/C23H18N2O2S/c26-19-14-8-7-13-18(19)15-24-22(27)21-20(16-9-3-1-4-10-16)25-23(28-21)17-11-5-2-6-12-17/h1-14,26H,15H2,(H,24,27). The van der Waals surface area contributed by atoms with Crippen LogP contribution in [0.3, 0.4) is 0 Å². The zero-order chi connectivity index (χ0) is 19.3. The number of para-hydroxylation sites is 1. The fourth-order valence-corrected chi connectivity index (χ4v) is 3.90. The van der Waals surface area contributed by atoms with Crippen LogP contribution in [0.15, 0.2) is 84.9 Å². The maximum Gasteiger partial charge on any atom is 0.263 e. The Labute approximate surface area is 167 Å². The molecule has 0 aliphatic rings. The van der Waals surface area contributed by atoms with Gasteiger partial charge in [0.1, 0.15) is 15.6 Å². The average molecular weight is 386 g/mol. The molecule has 138 valence electrons. The number of nitrogens with one attached hydrogen (secondary N) is 1. The van der Waals surface area contributed by atoms with E-state index in [-0.39, 0.29) is 18.2 Å². The highest BCUT2D eigenvalue weighted by molar-refractivity contribution is 7.17. The first-order valence-electron chi connectivity index (χ1n) is 8.89. The van der Waals surface area contributed by atoms with Gasteiger partial charge in [0.15, 0.2) is 0 Å². The van der Waals surface area contributed by atoms with E-state index >= 15 is 0 Å². The van der Waals surface area contributed by atoms with E-state index in [2.05, 4.69) is 5.32 Å². The van der Waals surface area contributed by atoms with Gasteiger partial charge < -0.3 is 10.4 Å². The molecule has 0 atom stereocenters. The number of hydrogen-bond acceptors (Lipinski definition) is 4. The van der Waals surface area contributed by atoms with Crippen molar-refractivity contribution in [2.75, 3.05) is 0 Å². The van der Waals surface area contributed by atoms with Crippen LogP contribution in [0.25, 0.3) is 21.8 Å². The third kappa shape index (κ3) is 3.80. The maximum atomic E-state index is 12.9. The number of aromatic nitrogens is 1. The van der Waals surface area contributed by atoms with E-state index < -0.39 is 0 Å². The maximum absolute atomic E-state index is 12.9. The predicted octanol–water partition coefficient (Wildman–Crippen LogP) is 5.11. The van der Waals surface area contributed by atoms with Gasteiger partial charge in [-0.15, -0.1) is 11.3 Å². The summed E-state index contributed by atoms with van der Waals surface area (Å²) in [6, 6.07) is 26.5.